The molecule has 2 aromatic carbocycles. The maximum Gasteiger partial charge on any atom is 0.328 e. The molecule has 154 valence electrons. The van der Waals surface area contributed by atoms with Crippen LogP contribution in [0.4, 0.5) is 5.69 Å². The molecule has 0 bridgehead atoms. The number of carbonyl (C=O) groups excluding carboxylic acids is 1. The predicted molar refractivity (Wildman–Crippen MR) is 116 cm³/mol. The van der Waals surface area contributed by atoms with Crippen LogP contribution in [0, 0.1) is 5.41 Å². The number of hydrogen-bond acceptors (Lipinski definition) is 3. The van der Waals surface area contributed by atoms with E-state index in [9.17, 15) is 9.59 Å². The number of carboxylic acids is 1. The Balaban J connectivity index is 1.88. The van der Waals surface area contributed by atoms with Gasteiger partial charge in [0.15, 0.2) is 0 Å². The van der Waals surface area contributed by atoms with Crippen molar-refractivity contribution < 1.29 is 19.4 Å². The Labute approximate surface area is 172 Å². The quantitative estimate of drug-likeness (QED) is 0.418. The van der Waals surface area contributed by atoms with Crippen molar-refractivity contribution in [2.45, 2.75) is 40.0 Å². The third-order valence-electron chi connectivity index (χ3n) is 4.76. The van der Waals surface area contributed by atoms with Gasteiger partial charge in [0, 0.05) is 17.2 Å². The number of aliphatic carboxylic acids is 1. The van der Waals surface area contributed by atoms with Gasteiger partial charge in [0.05, 0.1) is 6.61 Å². The summed E-state index contributed by atoms with van der Waals surface area (Å²) in [6.45, 7) is 6.31. The van der Waals surface area contributed by atoms with E-state index in [2.05, 4.69) is 5.32 Å². The molecular formula is C24H29NO4. The van der Waals surface area contributed by atoms with Crippen LogP contribution in [-0.4, -0.2) is 23.6 Å². The maximum atomic E-state index is 12.7. The van der Waals surface area contributed by atoms with E-state index in [4.69, 9.17) is 9.84 Å². The average Bonchev–Trinajstić information content (AvgIpc) is 2.70. The van der Waals surface area contributed by atoms with E-state index in [0.717, 1.165) is 23.3 Å². The number of allylic oxidation sites excluding steroid dienone is 1. The first-order valence-corrected chi connectivity index (χ1v) is 9.85. The summed E-state index contributed by atoms with van der Waals surface area (Å²) in [6, 6.07) is 16.9. The molecule has 0 saturated carbocycles. The van der Waals surface area contributed by atoms with Crippen LogP contribution >= 0.6 is 0 Å². The molecule has 0 heterocycles. The molecule has 0 atom stereocenters. The first kappa shape index (κ1) is 22.2. The van der Waals surface area contributed by atoms with Crippen molar-refractivity contribution in [1.29, 1.82) is 0 Å². The highest BCUT2D eigenvalue weighted by molar-refractivity contribution is 5.95. The smallest absolute Gasteiger partial charge is 0.328 e. The molecule has 1 amide bonds. The zero-order valence-corrected chi connectivity index (χ0v) is 17.3. The molecule has 0 aliphatic rings. The lowest BCUT2D eigenvalue weighted by molar-refractivity contribution is -0.131. The molecule has 5 nitrogen and oxygen atoms in total. The van der Waals surface area contributed by atoms with Crippen LogP contribution in [-0.2, 0) is 9.59 Å². The van der Waals surface area contributed by atoms with E-state index in [0.29, 0.717) is 25.1 Å². The zero-order chi connectivity index (χ0) is 21.3. The van der Waals surface area contributed by atoms with Crippen LogP contribution < -0.4 is 10.1 Å². The molecule has 0 aliphatic carbocycles. The van der Waals surface area contributed by atoms with Crippen molar-refractivity contribution in [3.05, 3.63) is 66.2 Å². The first-order chi connectivity index (χ1) is 13.8. The predicted octanol–water partition coefficient (Wildman–Crippen LogP) is 5.39. The molecule has 29 heavy (non-hydrogen) atoms. The van der Waals surface area contributed by atoms with Gasteiger partial charge in [-0.1, -0.05) is 51.1 Å². The number of para-hydroxylation sites is 1. The van der Waals surface area contributed by atoms with Crippen LogP contribution in [0.25, 0.3) is 5.57 Å². The normalized spacial score (nSPS) is 11.8. The van der Waals surface area contributed by atoms with Gasteiger partial charge >= 0.3 is 5.97 Å². The Bertz CT molecular complexity index is 839. The first-order valence-electron chi connectivity index (χ1n) is 9.85. The zero-order valence-electron chi connectivity index (χ0n) is 17.3. The Morgan fingerprint density at radius 3 is 2.31 bits per heavy atom. The molecule has 2 rings (SSSR count). The van der Waals surface area contributed by atoms with Crippen molar-refractivity contribution in [2.24, 2.45) is 5.41 Å². The monoisotopic (exact) mass is 395 g/mol. The van der Waals surface area contributed by atoms with E-state index in [1.165, 1.54) is 6.08 Å². The van der Waals surface area contributed by atoms with E-state index in [1.54, 1.807) is 12.1 Å². The third-order valence-corrected chi connectivity index (χ3v) is 4.76. The number of rotatable bonds is 10. The molecule has 0 aliphatic heterocycles. The number of nitrogens with one attached hydrogen (secondary N) is 1. The van der Waals surface area contributed by atoms with E-state index < -0.39 is 11.4 Å². The Morgan fingerprint density at radius 1 is 1.07 bits per heavy atom. The number of amides is 1. The van der Waals surface area contributed by atoms with Crippen molar-refractivity contribution in [2.75, 3.05) is 11.9 Å². The second-order valence-corrected chi connectivity index (χ2v) is 7.54. The lowest BCUT2D eigenvalue weighted by Crippen LogP contribution is -2.31. The third kappa shape index (κ3) is 7.11. The number of ether oxygens (including phenoxy) is 1. The summed E-state index contributed by atoms with van der Waals surface area (Å²) in [6.07, 6.45) is 3.31. The minimum Gasteiger partial charge on any atom is -0.494 e. The van der Waals surface area contributed by atoms with Gasteiger partial charge < -0.3 is 15.2 Å². The fraction of sp³-hybridized carbons (Fsp3) is 0.333. The van der Waals surface area contributed by atoms with E-state index in [-0.39, 0.29) is 5.91 Å². The lowest BCUT2D eigenvalue weighted by Gasteiger charge is -2.23. The van der Waals surface area contributed by atoms with E-state index in [1.807, 2.05) is 63.2 Å². The van der Waals surface area contributed by atoms with Gasteiger partial charge in [0.1, 0.15) is 5.75 Å². The highest BCUT2D eigenvalue weighted by Crippen LogP contribution is 2.26. The molecule has 0 unspecified atom stereocenters. The molecule has 5 heteroatoms. The number of anilines is 1. The van der Waals surface area contributed by atoms with Crippen LogP contribution in [0.15, 0.2) is 60.7 Å². The van der Waals surface area contributed by atoms with Crippen LogP contribution in [0.1, 0.15) is 45.6 Å². The van der Waals surface area contributed by atoms with Crippen LogP contribution in [0.3, 0.4) is 0 Å². The summed E-state index contributed by atoms with van der Waals surface area (Å²) in [5.74, 6) is -0.183. The molecule has 2 N–H and O–H groups in total. The van der Waals surface area contributed by atoms with Gasteiger partial charge in [-0.3, -0.25) is 4.79 Å². The van der Waals surface area contributed by atoms with Gasteiger partial charge in [0.25, 0.3) is 0 Å². The van der Waals surface area contributed by atoms with Crippen molar-refractivity contribution >= 4 is 23.1 Å². The second kappa shape index (κ2) is 10.5. The Morgan fingerprint density at radius 2 is 1.72 bits per heavy atom. The van der Waals surface area contributed by atoms with E-state index >= 15 is 0 Å². The second-order valence-electron chi connectivity index (χ2n) is 7.54. The van der Waals surface area contributed by atoms with Crippen LogP contribution in [0.2, 0.25) is 0 Å². The van der Waals surface area contributed by atoms with Crippen LogP contribution in [0.5, 0.6) is 5.75 Å². The summed E-state index contributed by atoms with van der Waals surface area (Å²) >= 11 is 0. The number of carboxylic acid groups (broad SMARTS) is 1. The molecule has 2 aromatic rings. The van der Waals surface area contributed by atoms with Gasteiger partial charge in [-0.25, -0.2) is 4.79 Å². The minimum atomic E-state index is -0.961. The fourth-order valence-corrected chi connectivity index (χ4v) is 2.94. The number of hydrogen-bond donors (Lipinski definition) is 2. The lowest BCUT2D eigenvalue weighted by atomic mass is 9.87. The highest BCUT2D eigenvalue weighted by Gasteiger charge is 2.27. The van der Waals surface area contributed by atoms with Crippen molar-refractivity contribution in [3.8, 4) is 5.75 Å². The van der Waals surface area contributed by atoms with Gasteiger partial charge in [-0.2, -0.15) is 0 Å². The Hall–Kier alpha value is -3.08. The largest absolute Gasteiger partial charge is 0.494 e. The average molecular weight is 395 g/mol. The molecule has 0 radical (unpaired) electrons. The highest BCUT2D eigenvalue weighted by atomic mass is 16.5. The Kier molecular flexibility index (Phi) is 8.01. The summed E-state index contributed by atoms with van der Waals surface area (Å²) < 4.78 is 5.69. The number of benzene rings is 2. The summed E-state index contributed by atoms with van der Waals surface area (Å²) in [7, 11) is 0. The summed E-state index contributed by atoms with van der Waals surface area (Å²) in [5.41, 5.74) is 1.74. The van der Waals surface area contributed by atoms with Crippen molar-refractivity contribution in [3.63, 3.8) is 0 Å². The van der Waals surface area contributed by atoms with Gasteiger partial charge in [0.2, 0.25) is 5.91 Å². The minimum absolute atomic E-state index is 0.0539. The molecule has 0 fully saturated rings. The molecule has 0 saturated heterocycles. The summed E-state index contributed by atoms with van der Waals surface area (Å²) in [4.78, 5) is 23.6. The maximum absolute atomic E-state index is 12.7. The molecular weight excluding hydrogens is 366 g/mol. The standard InChI is InChI=1S/C24H29NO4/c1-4-18(17-22(26)27)19-11-13-20(14-12-19)25-23(28)24(2,3)15-8-16-29-21-9-6-5-7-10-21/h5-7,9-14,17H,4,8,15-16H2,1-3H3,(H,25,28)(H,26,27). The number of carbonyl (C=O) groups is 2. The summed E-state index contributed by atoms with van der Waals surface area (Å²) in [5, 5.41) is 11.9. The SMILES string of the molecule is CCC(=CC(=O)O)c1ccc(NC(=O)C(C)(C)CCCOc2ccccc2)cc1. The van der Waals surface area contributed by atoms with Crippen molar-refractivity contribution in [1.82, 2.24) is 0 Å². The fourth-order valence-electron chi connectivity index (χ4n) is 2.94. The topological polar surface area (TPSA) is 75.6 Å². The van der Waals surface area contributed by atoms with Gasteiger partial charge in [-0.15, -0.1) is 0 Å². The van der Waals surface area contributed by atoms with Gasteiger partial charge in [-0.05, 0) is 54.7 Å². The molecule has 0 aromatic heterocycles. The molecule has 0 spiro atoms.